The Balaban J connectivity index is 1.39. The Labute approximate surface area is 177 Å². The third kappa shape index (κ3) is 4.55. The summed E-state index contributed by atoms with van der Waals surface area (Å²) in [6.45, 7) is 0. The summed E-state index contributed by atoms with van der Waals surface area (Å²) >= 11 is 1.26. The average molecular weight is 420 g/mol. The van der Waals surface area contributed by atoms with Crippen LogP contribution in [0.3, 0.4) is 0 Å². The van der Waals surface area contributed by atoms with E-state index in [4.69, 9.17) is 9.47 Å². The molecule has 0 spiro atoms. The van der Waals surface area contributed by atoms with Crippen molar-refractivity contribution in [1.82, 2.24) is 15.2 Å². The summed E-state index contributed by atoms with van der Waals surface area (Å²) in [4.78, 5) is 16.8. The maximum Gasteiger partial charge on any atom is 0.234 e. The van der Waals surface area contributed by atoms with E-state index in [9.17, 15) is 4.79 Å². The highest BCUT2D eigenvalue weighted by atomic mass is 32.2. The number of nitrogens with one attached hydrogen (secondary N) is 2. The molecule has 0 fully saturated rings. The number of rotatable bonds is 7. The van der Waals surface area contributed by atoms with E-state index in [0.717, 1.165) is 22.0 Å². The maximum absolute atomic E-state index is 12.3. The fourth-order valence-corrected chi connectivity index (χ4v) is 3.58. The largest absolute Gasteiger partial charge is 0.497 e. The van der Waals surface area contributed by atoms with Gasteiger partial charge in [-0.05, 0) is 35.0 Å². The molecular formula is C22H20N4O3S. The molecule has 4 aromatic rings. The number of H-pyrrole nitrogens is 1. The van der Waals surface area contributed by atoms with E-state index in [2.05, 4.69) is 20.5 Å². The van der Waals surface area contributed by atoms with Crippen LogP contribution in [-0.4, -0.2) is 41.1 Å². The number of benzene rings is 3. The molecule has 0 bridgehead atoms. The van der Waals surface area contributed by atoms with E-state index >= 15 is 0 Å². The molecule has 0 saturated heterocycles. The van der Waals surface area contributed by atoms with Crippen LogP contribution in [0, 0.1) is 0 Å². The summed E-state index contributed by atoms with van der Waals surface area (Å²) in [5.74, 6) is 1.97. The molecule has 0 unspecified atom stereocenters. The number of aromatic nitrogens is 3. The molecule has 7 nitrogen and oxygen atoms in total. The number of amides is 1. The highest BCUT2D eigenvalue weighted by molar-refractivity contribution is 7.99. The van der Waals surface area contributed by atoms with Crippen LogP contribution >= 0.6 is 11.8 Å². The number of thioether (sulfide) groups is 1. The van der Waals surface area contributed by atoms with E-state index in [1.54, 1.807) is 20.3 Å². The zero-order chi connectivity index (χ0) is 20.9. The quantitative estimate of drug-likeness (QED) is 0.432. The van der Waals surface area contributed by atoms with Gasteiger partial charge in [0.1, 0.15) is 11.5 Å². The number of nitrogens with zero attached hydrogens (tertiary/aromatic N) is 2. The second kappa shape index (κ2) is 8.87. The van der Waals surface area contributed by atoms with E-state index in [1.807, 2.05) is 54.6 Å². The average Bonchev–Trinajstić information content (AvgIpc) is 3.26. The SMILES string of the molecule is COc1cc(OC)cc(-c2nc(SCC(=O)Nc3ccc4ccccc4c3)n[nH]2)c1. The molecule has 8 heteroatoms. The van der Waals surface area contributed by atoms with Crippen LogP contribution < -0.4 is 14.8 Å². The van der Waals surface area contributed by atoms with Crippen LogP contribution in [0.15, 0.2) is 65.8 Å². The molecule has 4 rings (SSSR count). The maximum atomic E-state index is 12.3. The van der Waals surface area contributed by atoms with Crippen LogP contribution in [0.25, 0.3) is 22.2 Å². The van der Waals surface area contributed by atoms with Crippen LogP contribution in [0.1, 0.15) is 0 Å². The Hall–Kier alpha value is -3.52. The van der Waals surface area contributed by atoms with Crippen LogP contribution in [-0.2, 0) is 4.79 Å². The lowest BCUT2D eigenvalue weighted by atomic mass is 10.1. The summed E-state index contributed by atoms with van der Waals surface area (Å²) in [5.41, 5.74) is 1.55. The van der Waals surface area contributed by atoms with Crippen molar-refractivity contribution in [3.8, 4) is 22.9 Å². The molecule has 0 radical (unpaired) electrons. The standard InChI is InChI=1S/C22H20N4O3S/c1-28-18-10-16(11-19(12-18)29-2)21-24-22(26-25-21)30-13-20(27)23-17-8-7-14-5-3-4-6-15(14)9-17/h3-12H,13H2,1-2H3,(H,23,27)(H,24,25,26). The lowest BCUT2D eigenvalue weighted by molar-refractivity contribution is -0.113. The van der Waals surface area contributed by atoms with Gasteiger partial charge >= 0.3 is 0 Å². The second-order valence-corrected chi connectivity index (χ2v) is 7.41. The Morgan fingerprint density at radius 3 is 2.47 bits per heavy atom. The van der Waals surface area contributed by atoms with Crippen molar-refractivity contribution in [3.63, 3.8) is 0 Å². The lowest BCUT2D eigenvalue weighted by Gasteiger charge is -2.06. The van der Waals surface area contributed by atoms with Crippen LogP contribution in [0.5, 0.6) is 11.5 Å². The predicted octanol–water partition coefficient (Wildman–Crippen LogP) is 4.37. The van der Waals surface area contributed by atoms with Crippen LogP contribution in [0.4, 0.5) is 5.69 Å². The Kier molecular flexibility index (Phi) is 5.85. The summed E-state index contributed by atoms with van der Waals surface area (Å²) in [6.07, 6.45) is 0. The number of aromatic amines is 1. The molecule has 2 N–H and O–H groups in total. The van der Waals surface area contributed by atoms with E-state index in [1.165, 1.54) is 11.8 Å². The van der Waals surface area contributed by atoms with Crippen molar-refractivity contribution in [2.24, 2.45) is 0 Å². The van der Waals surface area contributed by atoms with Gasteiger partial charge in [0.25, 0.3) is 0 Å². The molecular weight excluding hydrogens is 400 g/mol. The van der Waals surface area contributed by atoms with Gasteiger partial charge in [-0.3, -0.25) is 9.89 Å². The molecule has 0 saturated carbocycles. The van der Waals surface area contributed by atoms with Crippen LogP contribution in [0.2, 0.25) is 0 Å². The van der Waals surface area contributed by atoms with Gasteiger partial charge in [-0.25, -0.2) is 4.98 Å². The number of anilines is 1. The van der Waals surface area contributed by atoms with E-state index < -0.39 is 0 Å². The summed E-state index contributed by atoms with van der Waals surface area (Å²) in [7, 11) is 3.18. The molecule has 1 amide bonds. The van der Waals surface area contributed by atoms with Crippen molar-refractivity contribution >= 4 is 34.1 Å². The Morgan fingerprint density at radius 1 is 1.00 bits per heavy atom. The van der Waals surface area contributed by atoms with Crippen molar-refractivity contribution in [1.29, 1.82) is 0 Å². The molecule has 152 valence electrons. The minimum Gasteiger partial charge on any atom is -0.497 e. The minimum atomic E-state index is -0.121. The number of hydrogen-bond acceptors (Lipinski definition) is 6. The predicted molar refractivity (Wildman–Crippen MR) is 118 cm³/mol. The first-order valence-corrected chi connectivity index (χ1v) is 10.2. The first-order valence-electron chi connectivity index (χ1n) is 9.22. The normalized spacial score (nSPS) is 10.7. The molecule has 0 aliphatic rings. The van der Waals surface area contributed by atoms with Crippen molar-refractivity contribution in [2.45, 2.75) is 5.16 Å². The molecule has 30 heavy (non-hydrogen) atoms. The van der Waals surface area contributed by atoms with Gasteiger partial charge in [0.2, 0.25) is 11.1 Å². The molecule has 0 aliphatic heterocycles. The highest BCUT2D eigenvalue weighted by Crippen LogP contribution is 2.28. The first kappa shape index (κ1) is 19.8. The van der Waals surface area contributed by atoms with Gasteiger partial charge in [-0.1, -0.05) is 42.1 Å². The van der Waals surface area contributed by atoms with Gasteiger partial charge < -0.3 is 14.8 Å². The first-order chi connectivity index (χ1) is 14.6. The monoisotopic (exact) mass is 420 g/mol. The number of carbonyl (C=O) groups is 1. The molecule has 0 atom stereocenters. The number of carbonyl (C=O) groups excluding carboxylic acids is 1. The third-order valence-corrected chi connectivity index (χ3v) is 5.30. The van der Waals surface area contributed by atoms with Crippen molar-refractivity contribution < 1.29 is 14.3 Å². The van der Waals surface area contributed by atoms with Gasteiger partial charge in [-0.2, -0.15) is 0 Å². The molecule has 1 aromatic heterocycles. The summed E-state index contributed by atoms with van der Waals surface area (Å²) in [6, 6.07) is 19.3. The molecule has 1 heterocycles. The summed E-state index contributed by atoms with van der Waals surface area (Å²) < 4.78 is 10.6. The van der Waals surface area contributed by atoms with Gasteiger partial charge in [0.05, 0.1) is 20.0 Å². The number of ether oxygens (including phenoxy) is 2. The van der Waals surface area contributed by atoms with Gasteiger partial charge in [0, 0.05) is 17.3 Å². The number of fused-ring (bicyclic) bond motifs is 1. The fraction of sp³-hybridized carbons (Fsp3) is 0.136. The minimum absolute atomic E-state index is 0.121. The smallest absolute Gasteiger partial charge is 0.234 e. The Bertz CT molecular complexity index is 1170. The fourth-order valence-electron chi connectivity index (χ4n) is 2.98. The third-order valence-electron chi connectivity index (χ3n) is 4.46. The number of hydrogen-bond donors (Lipinski definition) is 2. The van der Waals surface area contributed by atoms with Crippen molar-refractivity contribution in [3.05, 3.63) is 60.7 Å². The second-order valence-electron chi connectivity index (χ2n) is 6.47. The Morgan fingerprint density at radius 2 is 1.73 bits per heavy atom. The topological polar surface area (TPSA) is 89.1 Å². The van der Waals surface area contributed by atoms with Crippen molar-refractivity contribution in [2.75, 3.05) is 25.3 Å². The number of methoxy groups -OCH3 is 2. The highest BCUT2D eigenvalue weighted by Gasteiger charge is 2.11. The van der Waals surface area contributed by atoms with E-state index in [0.29, 0.717) is 22.5 Å². The molecule has 0 aliphatic carbocycles. The van der Waals surface area contributed by atoms with Gasteiger partial charge in [-0.15, -0.1) is 5.10 Å². The lowest BCUT2D eigenvalue weighted by Crippen LogP contribution is -2.14. The van der Waals surface area contributed by atoms with Gasteiger partial charge in [0.15, 0.2) is 5.82 Å². The molecule has 3 aromatic carbocycles. The zero-order valence-corrected chi connectivity index (χ0v) is 17.3. The zero-order valence-electron chi connectivity index (χ0n) is 16.5. The van der Waals surface area contributed by atoms with E-state index in [-0.39, 0.29) is 11.7 Å². The summed E-state index contributed by atoms with van der Waals surface area (Å²) in [5, 5.41) is 12.7.